The van der Waals surface area contributed by atoms with Gasteiger partial charge in [0.25, 0.3) is 0 Å². The fraction of sp³-hybridized carbons (Fsp3) is 0.467. The summed E-state index contributed by atoms with van der Waals surface area (Å²) >= 11 is 0. The first-order chi connectivity index (χ1) is 9.13. The third-order valence-electron chi connectivity index (χ3n) is 2.73. The summed E-state index contributed by atoms with van der Waals surface area (Å²) in [6.07, 6.45) is 12.5. The molecule has 1 aliphatic rings. The third kappa shape index (κ3) is 6.04. The van der Waals surface area contributed by atoms with Crippen LogP contribution in [0.4, 0.5) is 0 Å². The number of hydrogen-bond acceptors (Lipinski definition) is 3. The maximum atomic E-state index is 11.5. The van der Waals surface area contributed by atoms with Gasteiger partial charge in [-0.3, -0.25) is 4.79 Å². The molecule has 1 amide bonds. The number of allylic oxidation sites excluding steroid dienone is 5. The lowest BCUT2D eigenvalue weighted by Crippen LogP contribution is -2.29. The second-order valence-corrected chi connectivity index (χ2v) is 4.45. The standard InChI is InChI=1S/C15H21NO3/c1-3-7-14(17)16(2)12-19-15(18)11-10-13-8-5-4-6-9-13/h5,8-11H,3-4,6-7,12H2,1-2H3/b11-10+. The van der Waals surface area contributed by atoms with Gasteiger partial charge in [0.1, 0.15) is 0 Å². The molecule has 0 aromatic heterocycles. The summed E-state index contributed by atoms with van der Waals surface area (Å²) in [5.41, 5.74) is 1.01. The predicted molar refractivity (Wildman–Crippen MR) is 74.2 cm³/mol. The molecule has 0 bridgehead atoms. The highest BCUT2D eigenvalue weighted by Crippen LogP contribution is 2.10. The van der Waals surface area contributed by atoms with E-state index in [-0.39, 0.29) is 12.6 Å². The number of ether oxygens (including phenoxy) is 1. The molecule has 0 aromatic rings. The summed E-state index contributed by atoms with van der Waals surface area (Å²) < 4.78 is 4.99. The summed E-state index contributed by atoms with van der Waals surface area (Å²) in [4.78, 5) is 24.3. The van der Waals surface area contributed by atoms with Crippen LogP contribution in [0.3, 0.4) is 0 Å². The van der Waals surface area contributed by atoms with Gasteiger partial charge in [-0.1, -0.05) is 25.2 Å². The Kier molecular flexibility index (Phi) is 6.64. The van der Waals surface area contributed by atoms with Gasteiger partial charge >= 0.3 is 5.97 Å². The van der Waals surface area contributed by atoms with E-state index in [2.05, 4.69) is 12.2 Å². The highest BCUT2D eigenvalue weighted by atomic mass is 16.5. The average Bonchev–Trinajstić information content (AvgIpc) is 2.43. The van der Waals surface area contributed by atoms with E-state index in [4.69, 9.17) is 4.74 Å². The van der Waals surface area contributed by atoms with Crippen LogP contribution >= 0.6 is 0 Å². The Hall–Kier alpha value is -1.84. The maximum absolute atomic E-state index is 11.5. The lowest BCUT2D eigenvalue weighted by Gasteiger charge is -2.15. The van der Waals surface area contributed by atoms with Gasteiger partial charge in [-0.15, -0.1) is 0 Å². The van der Waals surface area contributed by atoms with Crippen molar-refractivity contribution in [2.75, 3.05) is 13.8 Å². The Bertz CT molecular complexity index is 408. The maximum Gasteiger partial charge on any atom is 0.332 e. The Morgan fingerprint density at radius 1 is 1.42 bits per heavy atom. The van der Waals surface area contributed by atoms with Crippen molar-refractivity contribution >= 4 is 11.9 Å². The van der Waals surface area contributed by atoms with Crippen LogP contribution in [0.2, 0.25) is 0 Å². The van der Waals surface area contributed by atoms with E-state index in [0.29, 0.717) is 6.42 Å². The second-order valence-electron chi connectivity index (χ2n) is 4.45. The molecule has 0 spiro atoms. The molecule has 0 saturated heterocycles. The van der Waals surface area contributed by atoms with Crippen molar-refractivity contribution < 1.29 is 14.3 Å². The molecule has 104 valence electrons. The van der Waals surface area contributed by atoms with Gasteiger partial charge in [0.2, 0.25) is 5.91 Å². The highest BCUT2D eigenvalue weighted by molar-refractivity contribution is 5.83. The highest BCUT2D eigenvalue weighted by Gasteiger charge is 2.08. The monoisotopic (exact) mass is 263 g/mol. The first kappa shape index (κ1) is 15.2. The van der Waals surface area contributed by atoms with Crippen LogP contribution in [0.25, 0.3) is 0 Å². The Labute approximate surface area is 114 Å². The first-order valence-corrected chi connectivity index (χ1v) is 6.59. The van der Waals surface area contributed by atoms with E-state index in [1.54, 1.807) is 13.1 Å². The second kappa shape index (κ2) is 8.29. The van der Waals surface area contributed by atoms with Gasteiger partial charge in [0.15, 0.2) is 6.73 Å². The summed E-state index contributed by atoms with van der Waals surface area (Å²) in [5, 5.41) is 0. The van der Waals surface area contributed by atoms with Gasteiger partial charge in [0.05, 0.1) is 0 Å². The van der Waals surface area contributed by atoms with E-state index >= 15 is 0 Å². The molecule has 0 radical (unpaired) electrons. The summed E-state index contributed by atoms with van der Waals surface area (Å²) in [6.45, 7) is 1.93. The van der Waals surface area contributed by atoms with Crippen molar-refractivity contribution in [3.63, 3.8) is 0 Å². The molecule has 19 heavy (non-hydrogen) atoms. The molecule has 1 rings (SSSR count). The fourth-order valence-corrected chi connectivity index (χ4v) is 1.61. The van der Waals surface area contributed by atoms with Crippen LogP contribution < -0.4 is 0 Å². The van der Waals surface area contributed by atoms with E-state index in [9.17, 15) is 9.59 Å². The van der Waals surface area contributed by atoms with Crippen molar-refractivity contribution in [2.45, 2.75) is 32.6 Å². The van der Waals surface area contributed by atoms with E-state index in [0.717, 1.165) is 24.8 Å². The Morgan fingerprint density at radius 2 is 2.21 bits per heavy atom. The van der Waals surface area contributed by atoms with Crippen LogP contribution in [0, 0.1) is 0 Å². The number of esters is 1. The molecule has 0 fully saturated rings. The number of hydrogen-bond donors (Lipinski definition) is 0. The van der Waals surface area contributed by atoms with Crippen molar-refractivity contribution in [3.8, 4) is 0 Å². The molecule has 4 nitrogen and oxygen atoms in total. The molecule has 1 aliphatic carbocycles. The zero-order valence-electron chi connectivity index (χ0n) is 11.6. The normalized spacial score (nSPS) is 14.3. The number of amides is 1. The number of carbonyl (C=O) groups is 2. The van der Waals surface area contributed by atoms with E-state index in [1.807, 2.05) is 13.0 Å². The van der Waals surface area contributed by atoms with Crippen molar-refractivity contribution in [3.05, 3.63) is 36.0 Å². The summed E-state index contributed by atoms with van der Waals surface area (Å²) in [5.74, 6) is -0.451. The molecule has 0 aromatic carbocycles. The van der Waals surface area contributed by atoms with Gasteiger partial charge in [-0.05, 0) is 30.9 Å². The molecular formula is C15H21NO3. The largest absolute Gasteiger partial charge is 0.441 e. The minimum Gasteiger partial charge on any atom is -0.441 e. The molecule has 0 atom stereocenters. The minimum absolute atomic E-state index is 0.00308. The molecule has 0 unspecified atom stereocenters. The van der Waals surface area contributed by atoms with E-state index < -0.39 is 5.97 Å². The van der Waals surface area contributed by atoms with Crippen molar-refractivity contribution in [1.82, 2.24) is 4.90 Å². The SMILES string of the molecule is CCCC(=O)N(C)COC(=O)/C=C/C1=CCCC=C1. The molecular weight excluding hydrogens is 242 g/mol. The van der Waals surface area contributed by atoms with Gasteiger partial charge < -0.3 is 9.64 Å². The van der Waals surface area contributed by atoms with Crippen LogP contribution in [-0.4, -0.2) is 30.6 Å². The quantitative estimate of drug-likeness (QED) is 0.420. The predicted octanol–water partition coefficient (Wildman–Crippen LogP) is 2.58. The first-order valence-electron chi connectivity index (χ1n) is 6.59. The molecule has 0 saturated carbocycles. The smallest absolute Gasteiger partial charge is 0.332 e. The third-order valence-corrected chi connectivity index (χ3v) is 2.73. The summed E-state index contributed by atoms with van der Waals surface area (Å²) in [7, 11) is 1.63. The zero-order chi connectivity index (χ0) is 14.1. The van der Waals surface area contributed by atoms with E-state index in [1.165, 1.54) is 11.0 Å². The van der Waals surface area contributed by atoms with Gasteiger partial charge in [0, 0.05) is 19.5 Å². The number of rotatable bonds is 6. The van der Waals surface area contributed by atoms with Gasteiger partial charge in [-0.2, -0.15) is 0 Å². The van der Waals surface area contributed by atoms with Crippen molar-refractivity contribution in [2.24, 2.45) is 0 Å². The fourth-order valence-electron chi connectivity index (χ4n) is 1.61. The lowest BCUT2D eigenvalue weighted by atomic mass is 10.1. The van der Waals surface area contributed by atoms with Crippen LogP contribution in [0.15, 0.2) is 36.0 Å². The minimum atomic E-state index is -0.434. The number of nitrogens with zero attached hydrogens (tertiary/aromatic N) is 1. The average molecular weight is 263 g/mol. The van der Waals surface area contributed by atoms with Crippen LogP contribution in [0.1, 0.15) is 32.6 Å². The zero-order valence-corrected chi connectivity index (χ0v) is 11.6. The number of carbonyl (C=O) groups excluding carboxylic acids is 2. The Balaban J connectivity index is 2.31. The van der Waals surface area contributed by atoms with Gasteiger partial charge in [-0.25, -0.2) is 4.79 Å². The molecule has 0 N–H and O–H groups in total. The topological polar surface area (TPSA) is 46.6 Å². The molecule has 0 heterocycles. The lowest BCUT2D eigenvalue weighted by molar-refractivity contribution is -0.147. The Morgan fingerprint density at radius 3 is 2.84 bits per heavy atom. The molecule has 0 aliphatic heterocycles. The van der Waals surface area contributed by atoms with Crippen molar-refractivity contribution in [1.29, 1.82) is 0 Å². The van der Waals surface area contributed by atoms with Crippen LogP contribution in [0.5, 0.6) is 0 Å². The molecule has 4 heteroatoms. The van der Waals surface area contributed by atoms with Crippen LogP contribution in [-0.2, 0) is 14.3 Å². The summed E-state index contributed by atoms with van der Waals surface area (Å²) in [6, 6.07) is 0.